The van der Waals surface area contributed by atoms with Gasteiger partial charge in [-0.05, 0) is 50.1 Å². The Morgan fingerprint density at radius 3 is 2.67 bits per heavy atom. The lowest BCUT2D eigenvalue weighted by Crippen LogP contribution is -2.53. The number of hydrogen-bond acceptors (Lipinski definition) is 9. The highest BCUT2D eigenvalue weighted by atomic mass is 16.5. The largest absolute Gasteiger partial charge is 0.491 e. The molecule has 0 aliphatic carbocycles. The van der Waals surface area contributed by atoms with Gasteiger partial charge in [0.25, 0.3) is 5.91 Å². The maximum Gasteiger partial charge on any atom is 0.270 e. The summed E-state index contributed by atoms with van der Waals surface area (Å²) < 4.78 is 7.86. The maximum atomic E-state index is 12.7. The van der Waals surface area contributed by atoms with Gasteiger partial charge in [0.1, 0.15) is 29.9 Å². The van der Waals surface area contributed by atoms with Gasteiger partial charge in [0.2, 0.25) is 0 Å². The first kappa shape index (κ1) is 27.6. The minimum Gasteiger partial charge on any atom is -0.491 e. The van der Waals surface area contributed by atoms with Crippen LogP contribution in [0, 0.1) is 11.3 Å². The summed E-state index contributed by atoms with van der Waals surface area (Å²) >= 11 is 0. The van der Waals surface area contributed by atoms with E-state index in [2.05, 4.69) is 43.5 Å². The number of aromatic nitrogens is 4. The highest BCUT2D eigenvalue weighted by Crippen LogP contribution is 2.32. The van der Waals surface area contributed by atoms with Crippen LogP contribution in [0.25, 0.3) is 16.6 Å². The van der Waals surface area contributed by atoms with Crippen molar-refractivity contribution >= 4 is 17.2 Å². The van der Waals surface area contributed by atoms with Crippen molar-refractivity contribution in [3.05, 3.63) is 72.4 Å². The van der Waals surface area contributed by atoms with Crippen molar-refractivity contribution in [2.24, 2.45) is 0 Å². The third-order valence-corrected chi connectivity index (χ3v) is 8.16. The van der Waals surface area contributed by atoms with Crippen LogP contribution in [0.4, 0.5) is 5.82 Å². The topological polar surface area (TPSA) is 124 Å². The molecule has 6 heterocycles. The van der Waals surface area contributed by atoms with E-state index >= 15 is 0 Å². The number of anilines is 1. The van der Waals surface area contributed by atoms with Gasteiger partial charge in [-0.25, -0.2) is 9.50 Å². The highest BCUT2D eigenvalue weighted by Gasteiger charge is 2.32. The molecule has 0 spiro atoms. The van der Waals surface area contributed by atoms with Gasteiger partial charge in [0, 0.05) is 74.9 Å². The van der Waals surface area contributed by atoms with E-state index in [-0.39, 0.29) is 11.4 Å². The van der Waals surface area contributed by atoms with Gasteiger partial charge in [-0.15, -0.1) is 0 Å². The molecule has 6 rings (SSSR count). The number of nitrogens with zero attached hydrogens (tertiary/aromatic N) is 7. The van der Waals surface area contributed by atoms with E-state index in [9.17, 15) is 10.1 Å². The average molecular weight is 566 g/mol. The van der Waals surface area contributed by atoms with Crippen LogP contribution >= 0.6 is 0 Å². The summed E-state index contributed by atoms with van der Waals surface area (Å²) in [6, 6.07) is 13.6. The molecule has 11 nitrogen and oxygen atoms in total. The zero-order valence-electron chi connectivity index (χ0n) is 23.8. The molecule has 216 valence electrons. The van der Waals surface area contributed by atoms with Crippen LogP contribution in [-0.4, -0.2) is 88.3 Å². The van der Waals surface area contributed by atoms with Crippen molar-refractivity contribution in [1.29, 1.82) is 5.26 Å². The number of ether oxygens (including phenoxy) is 1. The fourth-order valence-electron chi connectivity index (χ4n) is 5.63. The first-order valence-corrected chi connectivity index (χ1v) is 14.4. The summed E-state index contributed by atoms with van der Waals surface area (Å²) in [7, 11) is 0. The summed E-state index contributed by atoms with van der Waals surface area (Å²) in [5, 5.41) is 20.7. The van der Waals surface area contributed by atoms with Crippen LogP contribution in [0.3, 0.4) is 0 Å². The lowest BCUT2D eigenvalue weighted by atomic mass is 9.89. The fraction of sp³-hybridized carbons (Fsp3) is 0.387. The Kier molecular flexibility index (Phi) is 7.99. The molecule has 0 unspecified atom stereocenters. The van der Waals surface area contributed by atoms with Gasteiger partial charge in [-0.3, -0.25) is 14.7 Å². The molecule has 4 aromatic rings. The molecule has 0 bridgehead atoms. The Labute approximate surface area is 245 Å². The normalized spacial score (nSPS) is 17.1. The van der Waals surface area contributed by atoms with Crippen molar-refractivity contribution in [2.75, 3.05) is 57.3 Å². The summed E-state index contributed by atoms with van der Waals surface area (Å²) in [5.74, 6) is 1.43. The van der Waals surface area contributed by atoms with E-state index in [4.69, 9.17) is 9.72 Å². The Morgan fingerprint density at radius 2 is 1.95 bits per heavy atom. The third kappa shape index (κ3) is 6.05. The van der Waals surface area contributed by atoms with Gasteiger partial charge >= 0.3 is 0 Å². The average Bonchev–Trinajstić information content (AvgIpc) is 3.45. The summed E-state index contributed by atoms with van der Waals surface area (Å²) in [6.07, 6.45) is 8.49. The van der Waals surface area contributed by atoms with Crippen molar-refractivity contribution < 1.29 is 9.53 Å². The molecular formula is C31H35N9O2. The number of nitriles is 1. The molecule has 2 aliphatic heterocycles. The first-order chi connectivity index (χ1) is 20.5. The second kappa shape index (κ2) is 12.1. The summed E-state index contributed by atoms with van der Waals surface area (Å²) in [4.78, 5) is 26.3. The number of amides is 1. The van der Waals surface area contributed by atoms with Crippen LogP contribution in [0.15, 0.2) is 61.2 Å². The molecule has 2 N–H and O–H groups in total. The maximum absolute atomic E-state index is 12.7. The van der Waals surface area contributed by atoms with Gasteiger partial charge in [0.05, 0.1) is 23.5 Å². The molecule has 0 radical (unpaired) electrons. The summed E-state index contributed by atoms with van der Waals surface area (Å²) in [6.45, 7) is 9.11. The molecule has 4 aromatic heterocycles. The number of fused-ring (bicyclic) bond motifs is 1. The zero-order chi connectivity index (χ0) is 28.9. The first-order valence-electron chi connectivity index (χ1n) is 14.4. The van der Waals surface area contributed by atoms with Crippen LogP contribution in [-0.2, 0) is 0 Å². The lowest BCUT2D eigenvalue weighted by Gasteiger charge is -2.40. The Balaban J connectivity index is 1.14. The van der Waals surface area contributed by atoms with Crippen LogP contribution in [0.2, 0.25) is 0 Å². The number of pyridine rings is 3. The lowest BCUT2D eigenvalue weighted by molar-refractivity contribution is 0.0886. The van der Waals surface area contributed by atoms with Gasteiger partial charge in [-0.1, -0.05) is 6.07 Å². The number of carbonyl (C=O) groups excluding carboxylic acids is 1. The van der Waals surface area contributed by atoms with Crippen LogP contribution < -0.4 is 20.3 Å². The third-order valence-electron chi connectivity index (χ3n) is 8.16. The van der Waals surface area contributed by atoms with E-state index in [1.165, 1.54) is 0 Å². The Bertz CT molecular complexity index is 1570. The number of piperazine rings is 1. The van der Waals surface area contributed by atoms with E-state index in [1.807, 2.05) is 36.7 Å². The van der Waals surface area contributed by atoms with Crippen molar-refractivity contribution in [3.8, 4) is 22.9 Å². The number of piperidine rings is 1. The minimum atomic E-state index is -0.308. The van der Waals surface area contributed by atoms with Gasteiger partial charge in [-0.2, -0.15) is 10.4 Å². The predicted octanol–water partition coefficient (Wildman–Crippen LogP) is 2.74. The van der Waals surface area contributed by atoms with Crippen molar-refractivity contribution in [2.45, 2.75) is 25.3 Å². The van der Waals surface area contributed by atoms with Crippen LogP contribution in [0.5, 0.6) is 5.75 Å². The molecule has 2 fully saturated rings. The second-order valence-corrected chi connectivity index (χ2v) is 11.1. The molecule has 2 aliphatic rings. The molecule has 0 aromatic carbocycles. The zero-order valence-corrected chi connectivity index (χ0v) is 23.8. The number of rotatable bonds is 8. The van der Waals surface area contributed by atoms with Gasteiger partial charge in [0.15, 0.2) is 0 Å². The smallest absolute Gasteiger partial charge is 0.270 e. The minimum absolute atomic E-state index is 0.146. The van der Waals surface area contributed by atoms with E-state index in [0.717, 1.165) is 81.1 Å². The van der Waals surface area contributed by atoms with E-state index in [1.54, 1.807) is 29.0 Å². The molecule has 0 saturated carbocycles. The highest BCUT2D eigenvalue weighted by molar-refractivity contribution is 5.92. The fourth-order valence-corrected chi connectivity index (χ4v) is 5.63. The SMILES string of the molecule is CC1(NC(=O)c2ccccn2)CCN(c2ccc(-c3cc(OCCN4CCNCC4)cn4ncc(C#N)c34)cn2)CC1. The molecule has 42 heavy (non-hydrogen) atoms. The number of carbonyl (C=O) groups is 1. The Morgan fingerprint density at radius 1 is 1.12 bits per heavy atom. The Hall–Kier alpha value is -4.53. The quantitative estimate of drug-likeness (QED) is 0.332. The second-order valence-electron chi connectivity index (χ2n) is 11.1. The molecule has 2 saturated heterocycles. The molecule has 0 atom stereocenters. The standard InChI is InChI=1S/C31H35N9O2/c1-31(37-30(41)27-4-2-3-9-34-27)7-12-39(13-8-31)28-6-5-23(20-35-28)26-18-25(22-40-29(26)24(19-32)21-36-40)42-17-16-38-14-10-33-11-15-38/h2-6,9,18,20-22,33H,7-8,10-17H2,1H3,(H,37,41). The monoisotopic (exact) mass is 565 g/mol. The number of nitrogens with one attached hydrogen (secondary N) is 2. The molecule has 11 heteroatoms. The van der Waals surface area contributed by atoms with E-state index in [0.29, 0.717) is 23.6 Å². The molecule has 1 amide bonds. The van der Waals surface area contributed by atoms with Crippen molar-refractivity contribution in [3.63, 3.8) is 0 Å². The van der Waals surface area contributed by atoms with Gasteiger partial charge < -0.3 is 20.3 Å². The predicted molar refractivity (Wildman–Crippen MR) is 159 cm³/mol. The molecular weight excluding hydrogens is 530 g/mol. The van der Waals surface area contributed by atoms with Crippen molar-refractivity contribution in [1.82, 2.24) is 35.1 Å². The summed E-state index contributed by atoms with van der Waals surface area (Å²) in [5.41, 5.74) is 3.10. The van der Waals surface area contributed by atoms with Crippen LogP contribution in [0.1, 0.15) is 35.8 Å². The van der Waals surface area contributed by atoms with E-state index < -0.39 is 0 Å². The number of hydrogen-bond donors (Lipinski definition) is 2.